The fourth-order valence-corrected chi connectivity index (χ4v) is 5.05. The average molecular weight is 645 g/mol. The third-order valence-electron chi connectivity index (χ3n) is 7.23. The zero-order valence-corrected chi connectivity index (χ0v) is 26.1. The number of ether oxygens (including phenoxy) is 2. The van der Waals surface area contributed by atoms with E-state index in [-0.39, 0.29) is 42.7 Å². The molecule has 11 heteroatoms. The first-order valence-corrected chi connectivity index (χ1v) is 14.7. The number of rotatable bonds is 14. The highest BCUT2D eigenvalue weighted by Gasteiger charge is 2.34. The molecule has 1 saturated carbocycles. The second-order valence-corrected chi connectivity index (χ2v) is 11.2. The molecule has 1 unspecified atom stereocenters. The number of hydrogen-bond acceptors (Lipinski definition) is 7. The SMILES string of the molecule is COC(=O)CCCCC(C(=O)NCC1CC1)N(C(=O)CN(C(C)=O)c1ccccc1)c1cc(Br)c(C)c(C(=O)OC)c1. The van der Waals surface area contributed by atoms with Crippen LogP contribution in [0, 0.1) is 12.8 Å². The number of nitrogens with zero attached hydrogens (tertiary/aromatic N) is 2. The van der Waals surface area contributed by atoms with Crippen LogP contribution in [0.3, 0.4) is 0 Å². The predicted octanol–water partition coefficient (Wildman–Crippen LogP) is 4.56. The zero-order valence-electron chi connectivity index (χ0n) is 24.5. The number of carbonyl (C=O) groups is 5. The third-order valence-corrected chi connectivity index (χ3v) is 8.06. The number of unbranched alkanes of at least 4 members (excludes halogenated alkanes) is 1. The number of amides is 3. The molecular weight excluding hydrogens is 606 g/mol. The van der Waals surface area contributed by atoms with Crippen LogP contribution in [0.15, 0.2) is 46.9 Å². The Balaban J connectivity index is 2.06. The van der Waals surface area contributed by atoms with Gasteiger partial charge in [0.15, 0.2) is 0 Å². The minimum atomic E-state index is -0.974. The molecule has 0 heterocycles. The van der Waals surface area contributed by atoms with Gasteiger partial charge in [-0.25, -0.2) is 4.79 Å². The quantitative estimate of drug-likeness (QED) is 0.237. The monoisotopic (exact) mass is 643 g/mol. The topological polar surface area (TPSA) is 122 Å². The molecule has 1 aliphatic rings. The number of nitrogens with one attached hydrogen (secondary N) is 1. The smallest absolute Gasteiger partial charge is 0.338 e. The summed E-state index contributed by atoms with van der Waals surface area (Å²) >= 11 is 3.49. The number of esters is 2. The van der Waals surface area contributed by atoms with Gasteiger partial charge in [0.1, 0.15) is 12.6 Å². The van der Waals surface area contributed by atoms with Crippen molar-refractivity contribution in [3.8, 4) is 0 Å². The summed E-state index contributed by atoms with van der Waals surface area (Å²) in [4.78, 5) is 67.7. The van der Waals surface area contributed by atoms with Gasteiger partial charge in [-0.3, -0.25) is 24.1 Å². The largest absolute Gasteiger partial charge is 0.469 e. The van der Waals surface area contributed by atoms with Crippen molar-refractivity contribution in [2.24, 2.45) is 5.92 Å². The minimum Gasteiger partial charge on any atom is -0.469 e. The number of carbonyl (C=O) groups excluding carboxylic acids is 5. The highest BCUT2D eigenvalue weighted by Crippen LogP contribution is 2.32. The molecule has 10 nitrogen and oxygen atoms in total. The highest BCUT2D eigenvalue weighted by atomic mass is 79.9. The Morgan fingerprint density at radius 3 is 2.29 bits per heavy atom. The van der Waals surface area contributed by atoms with Crippen molar-refractivity contribution in [2.75, 3.05) is 37.1 Å². The maximum absolute atomic E-state index is 14.2. The van der Waals surface area contributed by atoms with E-state index in [1.165, 1.54) is 37.0 Å². The van der Waals surface area contributed by atoms with Crippen molar-refractivity contribution in [1.82, 2.24) is 5.32 Å². The lowest BCUT2D eigenvalue weighted by Gasteiger charge is -2.34. The fraction of sp³-hybridized carbons (Fsp3) is 0.452. The normalized spacial score (nSPS) is 13.1. The first-order valence-electron chi connectivity index (χ1n) is 14.0. The summed E-state index contributed by atoms with van der Waals surface area (Å²) in [6.07, 6.45) is 3.39. The lowest BCUT2D eigenvalue weighted by atomic mass is 10.0. The van der Waals surface area contributed by atoms with Gasteiger partial charge in [-0.05, 0) is 68.4 Å². The lowest BCUT2D eigenvalue weighted by molar-refractivity contribution is -0.140. The van der Waals surface area contributed by atoms with Crippen molar-refractivity contribution in [1.29, 1.82) is 0 Å². The van der Waals surface area contributed by atoms with E-state index >= 15 is 0 Å². The molecule has 2 aromatic carbocycles. The van der Waals surface area contributed by atoms with E-state index in [2.05, 4.69) is 21.2 Å². The maximum Gasteiger partial charge on any atom is 0.338 e. The minimum absolute atomic E-state index is 0.176. The van der Waals surface area contributed by atoms with E-state index < -0.39 is 17.9 Å². The molecule has 0 bridgehead atoms. The van der Waals surface area contributed by atoms with E-state index in [1.54, 1.807) is 37.3 Å². The van der Waals surface area contributed by atoms with Crippen molar-refractivity contribution in [3.05, 3.63) is 58.1 Å². The van der Waals surface area contributed by atoms with Gasteiger partial charge >= 0.3 is 11.9 Å². The molecule has 1 N–H and O–H groups in total. The summed E-state index contributed by atoms with van der Waals surface area (Å²) in [5.41, 5.74) is 1.68. The summed E-state index contributed by atoms with van der Waals surface area (Å²) in [6.45, 7) is 3.27. The Morgan fingerprint density at radius 2 is 1.69 bits per heavy atom. The number of anilines is 2. The molecule has 0 aliphatic heterocycles. The Hall–Kier alpha value is -3.73. The van der Waals surface area contributed by atoms with Crippen molar-refractivity contribution in [2.45, 2.75) is 58.4 Å². The van der Waals surface area contributed by atoms with Gasteiger partial charge in [0.25, 0.3) is 0 Å². The zero-order chi connectivity index (χ0) is 30.8. The Bertz CT molecular complexity index is 1300. The van der Waals surface area contributed by atoms with Crippen LogP contribution in [0.2, 0.25) is 0 Å². The van der Waals surface area contributed by atoms with Crippen LogP contribution < -0.4 is 15.1 Å². The first-order chi connectivity index (χ1) is 20.1. The average Bonchev–Trinajstić information content (AvgIpc) is 3.82. The van der Waals surface area contributed by atoms with Crippen molar-refractivity contribution >= 4 is 57.0 Å². The molecule has 0 aromatic heterocycles. The van der Waals surface area contributed by atoms with Gasteiger partial charge in [-0.15, -0.1) is 0 Å². The van der Waals surface area contributed by atoms with Gasteiger partial charge in [0.2, 0.25) is 17.7 Å². The van der Waals surface area contributed by atoms with Gasteiger partial charge < -0.3 is 19.7 Å². The van der Waals surface area contributed by atoms with Crippen LogP contribution in [-0.4, -0.2) is 63.0 Å². The highest BCUT2D eigenvalue weighted by molar-refractivity contribution is 9.10. The lowest BCUT2D eigenvalue weighted by Crippen LogP contribution is -2.53. The number of para-hydroxylation sites is 1. The molecule has 42 heavy (non-hydrogen) atoms. The maximum atomic E-state index is 14.2. The summed E-state index contributed by atoms with van der Waals surface area (Å²) in [6, 6.07) is 11.0. The van der Waals surface area contributed by atoms with Crippen LogP contribution in [0.4, 0.5) is 11.4 Å². The van der Waals surface area contributed by atoms with Crippen molar-refractivity contribution < 1.29 is 33.4 Å². The van der Waals surface area contributed by atoms with E-state index in [4.69, 9.17) is 9.47 Å². The molecule has 1 fully saturated rings. The van der Waals surface area contributed by atoms with E-state index in [0.29, 0.717) is 46.7 Å². The van der Waals surface area contributed by atoms with Gasteiger partial charge in [-0.1, -0.05) is 40.5 Å². The number of benzene rings is 2. The van der Waals surface area contributed by atoms with Crippen LogP contribution in [0.25, 0.3) is 0 Å². The second-order valence-electron chi connectivity index (χ2n) is 10.3. The molecule has 226 valence electrons. The molecule has 0 spiro atoms. The van der Waals surface area contributed by atoms with Gasteiger partial charge in [0, 0.05) is 35.7 Å². The molecule has 0 radical (unpaired) electrons. The van der Waals surface area contributed by atoms with Crippen LogP contribution in [-0.2, 0) is 28.7 Å². The summed E-state index contributed by atoms with van der Waals surface area (Å²) in [5.74, 6) is -1.75. The number of hydrogen-bond donors (Lipinski definition) is 1. The van der Waals surface area contributed by atoms with E-state index in [9.17, 15) is 24.0 Å². The second kappa shape index (κ2) is 15.5. The molecule has 3 rings (SSSR count). The molecular formula is C31H38BrN3O7. The third kappa shape index (κ3) is 8.88. The molecule has 1 aliphatic carbocycles. The number of methoxy groups -OCH3 is 2. The van der Waals surface area contributed by atoms with E-state index in [1.807, 2.05) is 6.07 Å². The predicted molar refractivity (Wildman–Crippen MR) is 162 cm³/mol. The van der Waals surface area contributed by atoms with Crippen LogP contribution in [0.1, 0.15) is 61.4 Å². The standard InChI is InChI=1S/C31H38BrN3O7/c1-20-25(31(40)42-4)16-24(17-26(20)32)35(28(37)19-34(21(2)36)23-10-6-5-7-11-23)27(12-8-9-13-29(38)41-3)30(39)33-18-22-14-15-22/h5-7,10-11,16-17,22,27H,8-9,12-15,18-19H2,1-4H3,(H,33,39). The summed E-state index contributed by atoms with van der Waals surface area (Å²) in [5, 5.41) is 2.98. The summed E-state index contributed by atoms with van der Waals surface area (Å²) in [7, 11) is 2.59. The Labute approximate surface area is 254 Å². The van der Waals surface area contributed by atoms with Crippen LogP contribution in [0.5, 0.6) is 0 Å². The Morgan fingerprint density at radius 1 is 1.00 bits per heavy atom. The van der Waals surface area contributed by atoms with Gasteiger partial charge in [0.05, 0.1) is 19.8 Å². The fourth-order valence-electron chi connectivity index (χ4n) is 4.60. The molecule has 3 amide bonds. The molecule has 1 atom stereocenters. The Kier molecular flexibility index (Phi) is 12.1. The van der Waals surface area contributed by atoms with Crippen molar-refractivity contribution in [3.63, 3.8) is 0 Å². The first kappa shape index (κ1) is 32.8. The number of halogens is 1. The molecule has 0 saturated heterocycles. The van der Waals surface area contributed by atoms with Gasteiger partial charge in [-0.2, -0.15) is 0 Å². The summed E-state index contributed by atoms with van der Waals surface area (Å²) < 4.78 is 10.3. The van der Waals surface area contributed by atoms with E-state index in [0.717, 1.165) is 12.8 Å². The molecule has 2 aromatic rings. The van der Waals surface area contributed by atoms with Crippen LogP contribution >= 0.6 is 15.9 Å².